The second-order valence-electron chi connectivity index (χ2n) is 7.64. The van der Waals surface area contributed by atoms with E-state index in [0.29, 0.717) is 16.4 Å². The molecule has 0 heterocycles. The molecule has 28 heavy (non-hydrogen) atoms. The van der Waals surface area contributed by atoms with Gasteiger partial charge in [-0.3, -0.25) is 9.59 Å². The Hall–Kier alpha value is -2.39. The maximum Gasteiger partial charge on any atom is 0.307 e. The Bertz CT molecular complexity index is 972. The Kier molecular flexibility index (Phi) is 5.11. The van der Waals surface area contributed by atoms with Crippen LogP contribution in [0.3, 0.4) is 0 Å². The summed E-state index contributed by atoms with van der Waals surface area (Å²) >= 11 is 6.01. The van der Waals surface area contributed by atoms with Gasteiger partial charge in [-0.15, -0.1) is 0 Å². The number of hydrogen-bond acceptors (Lipinski definition) is 3. The van der Waals surface area contributed by atoms with Crippen molar-refractivity contribution >= 4 is 28.9 Å². The molecule has 144 valence electrons. The highest BCUT2D eigenvalue weighted by atomic mass is 35.5. The molecule has 0 aliphatic heterocycles. The van der Waals surface area contributed by atoms with Crippen molar-refractivity contribution in [2.24, 2.45) is 11.8 Å². The van der Waals surface area contributed by atoms with Gasteiger partial charge in [-0.25, -0.2) is 0 Å². The molecule has 1 fully saturated rings. The lowest BCUT2D eigenvalue weighted by atomic mass is 9.81. The second-order valence-corrected chi connectivity index (χ2v) is 8.07. The molecule has 0 saturated heterocycles. The van der Waals surface area contributed by atoms with Crippen molar-refractivity contribution in [3.05, 3.63) is 64.4 Å². The minimum absolute atomic E-state index is 0.0555. The molecule has 0 aromatic heterocycles. The second kappa shape index (κ2) is 7.56. The van der Waals surface area contributed by atoms with E-state index in [1.54, 1.807) is 0 Å². The fourth-order valence-corrected chi connectivity index (χ4v) is 4.62. The van der Waals surface area contributed by atoms with Crippen molar-refractivity contribution in [3.63, 3.8) is 0 Å². The van der Waals surface area contributed by atoms with E-state index in [2.05, 4.69) is 13.0 Å². The molecule has 2 atom stereocenters. The number of ether oxygens (including phenoxy) is 1. The molecule has 0 unspecified atom stereocenters. The zero-order valence-electron chi connectivity index (χ0n) is 16.1. The average Bonchev–Trinajstić information content (AvgIpc) is 3.13. The van der Waals surface area contributed by atoms with Gasteiger partial charge in [0.1, 0.15) is 5.76 Å². The number of aryl methyl sites for hydroxylation is 1. The molecular weight excluding hydrogens is 372 g/mol. The summed E-state index contributed by atoms with van der Waals surface area (Å²) < 4.78 is 5.59. The maximum atomic E-state index is 13.2. The van der Waals surface area contributed by atoms with Crippen LogP contribution < -0.4 is 0 Å². The van der Waals surface area contributed by atoms with Crippen LogP contribution in [0.1, 0.15) is 44.2 Å². The smallest absolute Gasteiger partial charge is 0.307 e. The number of benzene rings is 2. The van der Waals surface area contributed by atoms with Gasteiger partial charge in [-0.2, -0.15) is 0 Å². The first-order valence-electron chi connectivity index (χ1n) is 9.84. The first kappa shape index (κ1) is 18.9. The van der Waals surface area contributed by atoms with Gasteiger partial charge >= 0.3 is 5.97 Å². The minimum atomic E-state index is -0.360. The largest absolute Gasteiger partial charge is 0.430 e. The van der Waals surface area contributed by atoms with Crippen molar-refractivity contribution in [3.8, 4) is 11.1 Å². The summed E-state index contributed by atoms with van der Waals surface area (Å²) in [6.07, 6.45) is 3.38. The van der Waals surface area contributed by atoms with Crippen molar-refractivity contribution in [1.29, 1.82) is 0 Å². The fourth-order valence-electron chi connectivity index (χ4n) is 4.49. The lowest BCUT2D eigenvalue weighted by molar-refractivity contribution is -0.137. The van der Waals surface area contributed by atoms with Crippen LogP contribution >= 0.6 is 11.6 Å². The molecule has 2 aliphatic carbocycles. The van der Waals surface area contributed by atoms with Crippen LogP contribution in [-0.4, -0.2) is 11.8 Å². The Morgan fingerprint density at radius 3 is 2.43 bits per heavy atom. The van der Waals surface area contributed by atoms with Crippen LogP contribution in [0.4, 0.5) is 0 Å². The third-order valence-corrected chi connectivity index (χ3v) is 6.11. The van der Waals surface area contributed by atoms with Gasteiger partial charge in [0.05, 0.1) is 5.57 Å². The highest BCUT2D eigenvalue weighted by Gasteiger charge is 2.43. The Morgan fingerprint density at radius 1 is 1.07 bits per heavy atom. The van der Waals surface area contributed by atoms with E-state index in [1.807, 2.05) is 36.4 Å². The summed E-state index contributed by atoms with van der Waals surface area (Å²) in [6, 6.07) is 13.9. The van der Waals surface area contributed by atoms with E-state index in [-0.39, 0.29) is 23.6 Å². The number of allylic oxidation sites excluding steroid dienone is 2. The molecule has 0 amide bonds. The van der Waals surface area contributed by atoms with E-state index in [1.165, 1.54) is 6.92 Å². The van der Waals surface area contributed by atoms with Gasteiger partial charge in [0.15, 0.2) is 5.78 Å². The molecule has 3 nitrogen and oxygen atoms in total. The van der Waals surface area contributed by atoms with Crippen LogP contribution in [0, 0.1) is 11.8 Å². The number of carbonyl (C=O) groups excluding carboxylic acids is 2. The molecule has 2 aromatic rings. The number of esters is 1. The number of halogens is 1. The van der Waals surface area contributed by atoms with E-state index in [4.69, 9.17) is 16.3 Å². The van der Waals surface area contributed by atoms with Crippen LogP contribution in [0.15, 0.2) is 48.2 Å². The number of hydrogen-bond donors (Lipinski definition) is 0. The summed E-state index contributed by atoms with van der Waals surface area (Å²) in [7, 11) is 0. The van der Waals surface area contributed by atoms with Crippen molar-refractivity contribution in [2.45, 2.75) is 39.5 Å². The van der Waals surface area contributed by atoms with Gasteiger partial charge in [0.25, 0.3) is 0 Å². The molecule has 0 spiro atoms. The molecule has 2 aromatic carbocycles. The van der Waals surface area contributed by atoms with Gasteiger partial charge in [0.2, 0.25) is 0 Å². The van der Waals surface area contributed by atoms with Gasteiger partial charge < -0.3 is 4.74 Å². The number of ketones is 1. The van der Waals surface area contributed by atoms with Gasteiger partial charge in [0, 0.05) is 23.8 Å². The van der Waals surface area contributed by atoms with E-state index >= 15 is 0 Å². The quantitative estimate of drug-likeness (QED) is 0.611. The zero-order valence-corrected chi connectivity index (χ0v) is 16.9. The summed E-state index contributed by atoms with van der Waals surface area (Å²) in [4.78, 5) is 24.9. The van der Waals surface area contributed by atoms with Crippen molar-refractivity contribution < 1.29 is 14.3 Å². The summed E-state index contributed by atoms with van der Waals surface area (Å²) in [5.74, 6) is 0.572. The van der Waals surface area contributed by atoms with E-state index in [0.717, 1.165) is 47.9 Å². The lowest BCUT2D eigenvalue weighted by Gasteiger charge is -2.26. The zero-order chi connectivity index (χ0) is 19.8. The topological polar surface area (TPSA) is 43.4 Å². The standard InChI is InChI=1S/C24H23ClO3/c1-3-15-12-17(16-6-9-20(25)10-7-16)8-11-21(15)22-23(27)18-4-5-19(13-18)24(22)28-14(2)26/h6-12,18-19H,3-5,13H2,1-2H3/t18-,19+/m1/s1. The SMILES string of the molecule is CCc1cc(-c2ccc(Cl)cc2)ccc1C1=C(OC(C)=O)[C@H]2CC[C@H](C2)C1=O. The lowest BCUT2D eigenvalue weighted by Crippen LogP contribution is -2.24. The van der Waals surface area contributed by atoms with Crippen LogP contribution in [-0.2, 0) is 20.7 Å². The molecule has 0 radical (unpaired) electrons. The molecule has 2 bridgehead atoms. The first-order valence-corrected chi connectivity index (χ1v) is 10.2. The molecule has 4 heteroatoms. The van der Waals surface area contributed by atoms with Crippen molar-refractivity contribution in [2.75, 3.05) is 0 Å². The van der Waals surface area contributed by atoms with Crippen molar-refractivity contribution in [1.82, 2.24) is 0 Å². The third-order valence-electron chi connectivity index (χ3n) is 5.85. The van der Waals surface area contributed by atoms with Crippen LogP contribution in [0.2, 0.25) is 5.02 Å². The summed E-state index contributed by atoms with van der Waals surface area (Å²) in [6.45, 7) is 3.49. The summed E-state index contributed by atoms with van der Waals surface area (Å²) in [5.41, 5.74) is 4.77. The number of carbonyl (C=O) groups is 2. The minimum Gasteiger partial charge on any atom is -0.430 e. The highest BCUT2D eigenvalue weighted by molar-refractivity contribution is 6.30. The average molecular weight is 395 g/mol. The van der Waals surface area contributed by atoms with Crippen LogP contribution in [0.5, 0.6) is 0 Å². The Morgan fingerprint density at radius 2 is 1.75 bits per heavy atom. The fraction of sp³-hybridized carbons (Fsp3) is 0.333. The Labute approximate surface area is 170 Å². The predicted molar refractivity (Wildman–Crippen MR) is 111 cm³/mol. The molecule has 0 N–H and O–H groups in total. The normalized spacial score (nSPS) is 21.2. The number of rotatable bonds is 4. The highest BCUT2D eigenvalue weighted by Crippen LogP contribution is 2.47. The van der Waals surface area contributed by atoms with Crippen LogP contribution in [0.25, 0.3) is 16.7 Å². The third kappa shape index (κ3) is 3.40. The Balaban J connectivity index is 1.83. The molecule has 1 saturated carbocycles. The summed E-state index contributed by atoms with van der Waals surface area (Å²) in [5, 5.41) is 0.704. The molecule has 2 aliphatic rings. The maximum absolute atomic E-state index is 13.2. The monoisotopic (exact) mass is 394 g/mol. The number of fused-ring (bicyclic) bond motifs is 2. The van der Waals surface area contributed by atoms with E-state index in [9.17, 15) is 9.59 Å². The van der Waals surface area contributed by atoms with Gasteiger partial charge in [-0.05, 0) is 60.1 Å². The predicted octanol–water partition coefficient (Wildman–Crippen LogP) is 5.84. The number of Topliss-reactive ketones (excluding diaryl/α,β-unsaturated/α-hetero) is 1. The van der Waals surface area contributed by atoms with Gasteiger partial charge in [-0.1, -0.05) is 48.9 Å². The molecular formula is C24H23ClO3. The first-order chi connectivity index (χ1) is 13.5. The van der Waals surface area contributed by atoms with E-state index < -0.39 is 0 Å². The molecule has 4 rings (SSSR count).